The molecule has 0 unspecified atom stereocenters. The summed E-state index contributed by atoms with van der Waals surface area (Å²) in [4.78, 5) is 9.89. The molecule has 0 bridgehead atoms. The molecule has 5 heteroatoms. The molecule has 0 saturated carbocycles. The number of aromatic hydroxyl groups is 1. The first-order valence-electron chi connectivity index (χ1n) is 24.9. The summed E-state index contributed by atoms with van der Waals surface area (Å²) in [6.07, 6.45) is 1.50. The van der Waals surface area contributed by atoms with Crippen LogP contribution in [0.25, 0.3) is 72.7 Å². The zero-order chi connectivity index (χ0) is 50.3. The molecular formula is C54H52N3OPt-. The normalized spacial score (nSPS) is 15.0. The Hall–Kier alpha value is -5.57. The number of phenols is 1. The van der Waals surface area contributed by atoms with Gasteiger partial charge in [-0.05, 0) is 106 Å². The van der Waals surface area contributed by atoms with Crippen LogP contribution >= 0.6 is 0 Å². The summed E-state index contributed by atoms with van der Waals surface area (Å²) in [6, 6.07) is 32.2. The van der Waals surface area contributed by atoms with Gasteiger partial charge in [-0.15, -0.1) is 29.3 Å². The Labute approximate surface area is 379 Å². The quantitative estimate of drug-likeness (QED) is 0.154. The van der Waals surface area contributed by atoms with Gasteiger partial charge in [0.1, 0.15) is 11.6 Å². The van der Waals surface area contributed by atoms with Crippen molar-refractivity contribution in [3.05, 3.63) is 167 Å². The number of hydrogen-bond donors (Lipinski definition) is 1. The van der Waals surface area contributed by atoms with Gasteiger partial charge in [0.25, 0.3) is 0 Å². The van der Waals surface area contributed by atoms with E-state index in [2.05, 4.69) is 45.7 Å². The van der Waals surface area contributed by atoms with Gasteiger partial charge in [0.15, 0.2) is 0 Å². The Morgan fingerprint density at radius 2 is 1.46 bits per heavy atom. The van der Waals surface area contributed by atoms with Crippen molar-refractivity contribution in [3.8, 4) is 67.5 Å². The van der Waals surface area contributed by atoms with E-state index in [1.165, 1.54) is 6.20 Å². The number of para-hydroxylation sites is 2. The minimum absolute atomic E-state index is 0. The van der Waals surface area contributed by atoms with Crippen LogP contribution < -0.4 is 0 Å². The first-order chi connectivity index (χ1) is 32.1. The molecule has 0 aliphatic carbocycles. The average Bonchev–Trinajstić information content (AvgIpc) is 3.66. The van der Waals surface area contributed by atoms with Crippen LogP contribution in [-0.2, 0) is 26.5 Å². The summed E-state index contributed by atoms with van der Waals surface area (Å²) >= 11 is 0. The van der Waals surface area contributed by atoms with Crippen molar-refractivity contribution in [1.29, 1.82) is 0 Å². The van der Waals surface area contributed by atoms with E-state index in [0.29, 0.717) is 61.6 Å². The summed E-state index contributed by atoms with van der Waals surface area (Å²) in [5.41, 5.74) is 7.49. The molecule has 0 radical (unpaired) electrons. The SMILES string of the molecule is [2H]c1c([2H])c(C([2H])([2H])[2H])c([2H])c([2H])c1-c1ccnc(-c2[c-]c(-c3cccc4c3nc(-c3ccccc3O)n4-c3ccc(-c4cc(C(C)C)cc(C([2H])(C)C)c4)cc3C([2H])([2H])[2H])cc(C(C)(C)C)c2)c1.[Pt]. The molecule has 2 aromatic heterocycles. The first kappa shape index (κ1) is 29.6. The van der Waals surface area contributed by atoms with Crippen molar-refractivity contribution in [3.63, 3.8) is 0 Å². The molecule has 59 heavy (non-hydrogen) atoms. The maximum atomic E-state index is 11.4. The van der Waals surface area contributed by atoms with Gasteiger partial charge in [-0.1, -0.05) is 144 Å². The van der Waals surface area contributed by atoms with Crippen LogP contribution in [0.15, 0.2) is 133 Å². The van der Waals surface area contributed by atoms with E-state index in [-0.39, 0.29) is 43.9 Å². The molecule has 0 saturated heterocycles. The molecular weight excluding hydrogens is 902 g/mol. The molecule has 8 aromatic rings. The zero-order valence-corrected chi connectivity index (χ0v) is 36.3. The summed E-state index contributed by atoms with van der Waals surface area (Å²) < 4.78 is 95.6. The standard InChI is InChI=1S/C54H52N3O.Pt/c1-33(2)40-26-41(34(3)4)28-42(27-40)38-21-22-49(36(6)25-38)57-50-15-12-14-46(52(50)56-53(57)47-13-10-11-16-51(47)58)43-29-44(31-45(30-43)54(7,8)9)48-32-39(23-24-55-48)37-19-17-35(5)18-20-37;/h10-28,30-34,58H,1-9H3;/q-1;/i5D3,6D3,17D,18D,19D,20D,33D;. The van der Waals surface area contributed by atoms with Crippen LogP contribution in [-0.4, -0.2) is 19.6 Å². The molecule has 0 fully saturated rings. The van der Waals surface area contributed by atoms with E-state index in [1.54, 1.807) is 53.1 Å². The topological polar surface area (TPSA) is 50.9 Å². The predicted molar refractivity (Wildman–Crippen MR) is 243 cm³/mol. The maximum Gasteiger partial charge on any atom is 0.148 e. The van der Waals surface area contributed by atoms with Crippen molar-refractivity contribution in [2.45, 2.75) is 79.4 Å². The van der Waals surface area contributed by atoms with E-state index < -0.39 is 54.7 Å². The van der Waals surface area contributed by atoms with Crippen molar-refractivity contribution in [1.82, 2.24) is 14.5 Å². The second-order valence-corrected chi connectivity index (χ2v) is 16.3. The van der Waals surface area contributed by atoms with Gasteiger partial charge in [0.2, 0.25) is 0 Å². The van der Waals surface area contributed by atoms with E-state index in [9.17, 15) is 5.11 Å². The summed E-state index contributed by atoms with van der Waals surface area (Å²) in [5, 5.41) is 11.4. The van der Waals surface area contributed by atoms with Crippen LogP contribution in [0.2, 0.25) is 0 Å². The largest absolute Gasteiger partial charge is 0.507 e. The molecule has 8 rings (SSSR count). The number of hydrogen-bond acceptors (Lipinski definition) is 3. The number of aryl methyl sites for hydroxylation is 1. The van der Waals surface area contributed by atoms with E-state index >= 15 is 0 Å². The number of aromatic nitrogens is 3. The van der Waals surface area contributed by atoms with E-state index in [0.717, 1.165) is 22.3 Å². The molecule has 0 atom stereocenters. The van der Waals surface area contributed by atoms with E-state index in [4.69, 9.17) is 20.1 Å². The molecule has 0 amide bonds. The summed E-state index contributed by atoms with van der Waals surface area (Å²) in [6.45, 7) is 8.58. The number of phenolic OH excluding ortho intramolecular Hbond substituents is 1. The fourth-order valence-electron chi connectivity index (χ4n) is 7.23. The van der Waals surface area contributed by atoms with Gasteiger partial charge in [-0.2, -0.15) is 0 Å². The maximum absolute atomic E-state index is 11.4. The molecule has 0 aliphatic heterocycles. The monoisotopic (exact) mass is 964 g/mol. The van der Waals surface area contributed by atoms with Gasteiger partial charge in [0.05, 0.1) is 27.8 Å². The Morgan fingerprint density at radius 3 is 2.17 bits per heavy atom. The third-order valence-electron chi connectivity index (χ3n) is 10.6. The van der Waals surface area contributed by atoms with Crippen molar-refractivity contribution in [2.24, 2.45) is 0 Å². The summed E-state index contributed by atoms with van der Waals surface area (Å²) in [7, 11) is 0. The number of imidazole rings is 1. The van der Waals surface area contributed by atoms with Crippen LogP contribution in [0.4, 0.5) is 0 Å². The molecule has 0 spiro atoms. The van der Waals surface area contributed by atoms with Gasteiger partial charge in [0, 0.05) is 42.6 Å². The number of nitrogens with zero attached hydrogens (tertiary/aromatic N) is 3. The Kier molecular flexibility index (Phi) is 8.32. The van der Waals surface area contributed by atoms with E-state index in [1.807, 2.05) is 68.4 Å². The third-order valence-corrected chi connectivity index (χ3v) is 10.6. The first-order valence-corrected chi connectivity index (χ1v) is 19.4. The number of rotatable bonds is 8. The van der Waals surface area contributed by atoms with Crippen LogP contribution in [0.1, 0.15) is 103 Å². The van der Waals surface area contributed by atoms with Crippen molar-refractivity contribution < 1.29 is 41.3 Å². The van der Waals surface area contributed by atoms with Gasteiger partial charge < -0.3 is 5.11 Å². The van der Waals surface area contributed by atoms with Crippen LogP contribution in [0, 0.1) is 19.8 Å². The second-order valence-electron chi connectivity index (χ2n) is 16.3. The average molecular weight is 965 g/mol. The molecule has 4 nitrogen and oxygen atoms in total. The number of benzene rings is 6. The summed E-state index contributed by atoms with van der Waals surface area (Å²) in [5.74, 6) is -0.479. The Balaban J connectivity index is 0.00000722. The van der Waals surface area contributed by atoms with Gasteiger partial charge >= 0.3 is 0 Å². The fraction of sp³-hybridized carbons (Fsp3) is 0.222. The smallest absolute Gasteiger partial charge is 0.148 e. The molecule has 0 aliphatic rings. The Morgan fingerprint density at radius 1 is 0.729 bits per heavy atom. The van der Waals surface area contributed by atoms with Crippen LogP contribution in [0.5, 0.6) is 5.75 Å². The Bertz CT molecular complexity index is 3300. The number of pyridine rings is 1. The minimum atomic E-state index is -2.85. The molecule has 2 heterocycles. The van der Waals surface area contributed by atoms with Gasteiger partial charge in [-0.25, -0.2) is 4.98 Å². The second kappa shape index (κ2) is 16.6. The number of fused-ring (bicyclic) bond motifs is 1. The van der Waals surface area contributed by atoms with Crippen molar-refractivity contribution >= 4 is 11.0 Å². The molecule has 6 aromatic carbocycles. The molecule has 300 valence electrons. The fourth-order valence-corrected chi connectivity index (χ4v) is 7.23. The predicted octanol–water partition coefficient (Wildman–Crippen LogP) is 14.4. The third kappa shape index (κ3) is 8.34. The van der Waals surface area contributed by atoms with Crippen LogP contribution in [0.3, 0.4) is 0 Å². The van der Waals surface area contributed by atoms with Crippen molar-refractivity contribution in [2.75, 3.05) is 0 Å². The zero-order valence-electron chi connectivity index (χ0n) is 45.1. The van der Waals surface area contributed by atoms with Gasteiger partial charge in [-0.3, -0.25) is 9.55 Å². The molecule has 1 N–H and O–H groups in total. The minimum Gasteiger partial charge on any atom is -0.507 e.